The first kappa shape index (κ1) is 11.2. The van der Waals surface area contributed by atoms with Crippen molar-refractivity contribution in [1.82, 2.24) is 14.8 Å². The van der Waals surface area contributed by atoms with Crippen LogP contribution in [-0.2, 0) is 13.5 Å². The number of para-hydroxylation sites is 1. The third-order valence-corrected chi connectivity index (χ3v) is 3.73. The Bertz CT molecular complexity index is 650. The van der Waals surface area contributed by atoms with Crippen LogP contribution in [0.2, 0.25) is 0 Å². The highest BCUT2D eigenvalue weighted by Gasteiger charge is 2.08. The summed E-state index contributed by atoms with van der Waals surface area (Å²) in [5.74, 6) is 0. The molecule has 4 nitrogen and oxygen atoms in total. The fourth-order valence-electron chi connectivity index (χ4n) is 1.94. The normalized spacial score (nSPS) is 11.0. The molecular weight excluding hydrogens is 244 g/mol. The van der Waals surface area contributed by atoms with Crippen molar-refractivity contribution in [2.75, 3.05) is 5.32 Å². The van der Waals surface area contributed by atoms with Crippen LogP contribution >= 0.6 is 11.3 Å². The van der Waals surface area contributed by atoms with Gasteiger partial charge in [-0.2, -0.15) is 5.10 Å². The molecule has 0 bridgehead atoms. The Balaban J connectivity index is 1.95. The van der Waals surface area contributed by atoms with E-state index in [0.717, 1.165) is 28.5 Å². The van der Waals surface area contributed by atoms with Gasteiger partial charge in [0.05, 0.1) is 21.6 Å². The molecule has 0 unspecified atom stereocenters. The summed E-state index contributed by atoms with van der Waals surface area (Å²) in [5.41, 5.74) is 3.14. The molecule has 3 rings (SSSR count). The fourth-order valence-corrected chi connectivity index (χ4v) is 2.82. The van der Waals surface area contributed by atoms with Crippen molar-refractivity contribution in [1.29, 1.82) is 0 Å². The van der Waals surface area contributed by atoms with Crippen LogP contribution in [0.3, 0.4) is 0 Å². The van der Waals surface area contributed by atoms with E-state index < -0.39 is 0 Å². The van der Waals surface area contributed by atoms with Gasteiger partial charge in [0.2, 0.25) is 0 Å². The molecule has 2 heterocycles. The van der Waals surface area contributed by atoms with Gasteiger partial charge >= 0.3 is 0 Å². The third-order valence-electron chi connectivity index (χ3n) is 2.78. The van der Waals surface area contributed by atoms with Crippen LogP contribution in [0.25, 0.3) is 10.2 Å². The summed E-state index contributed by atoms with van der Waals surface area (Å²) in [6, 6.07) is 8.16. The van der Waals surface area contributed by atoms with E-state index in [2.05, 4.69) is 28.4 Å². The van der Waals surface area contributed by atoms with E-state index in [1.54, 1.807) is 11.3 Å². The van der Waals surface area contributed by atoms with Gasteiger partial charge in [-0.15, -0.1) is 0 Å². The lowest BCUT2D eigenvalue weighted by Crippen LogP contribution is -1.92. The number of hydrogen-bond donors (Lipinski definition) is 1. The summed E-state index contributed by atoms with van der Waals surface area (Å²) in [7, 11) is 1.93. The highest BCUT2D eigenvalue weighted by Crippen LogP contribution is 2.28. The molecule has 92 valence electrons. The maximum atomic E-state index is 4.56. The predicted molar refractivity (Wildman–Crippen MR) is 75.5 cm³/mol. The fraction of sp³-hybridized carbons (Fsp3) is 0.231. The van der Waals surface area contributed by atoms with Crippen LogP contribution in [0.15, 0.2) is 30.5 Å². The quantitative estimate of drug-likeness (QED) is 0.783. The molecule has 5 heteroatoms. The largest absolute Gasteiger partial charge is 0.329 e. The lowest BCUT2D eigenvalue weighted by molar-refractivity contribution is 0.746. The first-order valence-electron chi connectivity index (χ1n) is 5.91. The minimum atomic E-state index is 0.911. The molecule has 0 aliphatic heterocycles. The number of anilines is 2. The smallest absolute Gasteiger partial charge is 0.188 e. The number of thiazole rings is 1. The van der Waals surface area contributed by atoms with E-state index in [0.29, 0.717) is 0 Å². The van der Waals surface area contributed by atoms with E-state index in [1.165, 1.54) is 4.70 Å². The summed E-state index contributed by atoms with van der Waals surface area (Å²) in [6.45, 7) is 2.10. The number of rotatable bonds is 3. The molecule has 0 spiro atoms. The van der Waals surface area contributed by atoms with Gasteiger partial charge in [0.1, 0.15) is 0 Å². The molecule has 0 saturated carbocycles. The van der Waals surface area contributed by atoms with E-state index in [1.807, 2.05) is 36.1 Å². The van der Waals surface area contributed by atoms with E-state index in [-0.39, 0.29) is 0 Å². The van der Waals surface area contributed by atoms with Gasteiger partial charge in [-0.05, 0) is 18.6 Å². The Kier molecular flexibility index (Phi) is 2.76. The molecular formula is C13H14N4S. The summed E-state index contributed by atoms with van der Waals surface area (Å²) >= 11 is 1.66. The van der Waals surface area contributed by atoms with Gasteiger partial charge < -0.3 is 5.32 Å². The van der Waals surface area contributed by atoms with Crippen LogP contribution in [-0.4, -0.2) is 14.8 Å². The SMILES string of the molecule is CCc1nn(C)cc1Nc1nc2ccccc2s1. The highest BCUT2D eigenvalue weighted by molar-refractivity contribution is 7.22. The molecule has 1 aromatic carbocycles. The lowest BCUT2D eigenvalue weighted by atomic mass is 10.3. The zero-order valence-electron chi connectivity index (χ0n) is 10.3. The zero-order valence-corrected chi connectivity index (χ0v) is 11.2. The van der Waals surface area contributed by atoms with Gasteiger partial charge in [0.25, 0.3) is 0 Å². The molecule has 0 amide bonds. The second kappa shape index (κ2) is 4.42. The summed E-state index contributed by atoms with van der Waals surface area (Å²) < 4.78 is 3.02. The average molecular weight is 258 g/mol. The van der Waals surface area contributed by atoms with Gasteiger partial charge in [0, 0.05) is 13.2 Å². The highest BCUT2D eigenvalue weighted by atomic mass is 32.1. The molecule has 0 fully saturated rings. The van der Waals surface area contributed by atoms with Crippen molar-refractivity contribution in [3.63, 3.8) is 0 Å². The number of benzene rings is 1. The Morgan fingerprint density at radius 3 is 2.94 bits per heavy atom. The lowest BCUT2D eigenvalue weighted by Gasteiger charge is -1.99. The maximum Gasteiger partial charge on any atom is 0.188 e. The number of aromatic nitrogens is 3. The molecule has 0 aliphatic carbocycles. The first-order chi connectivity index (χ1) is 8.76. The van der Waals surface area contributed by atoms with Crippen LogP contribution in [0, 0.1) is 0 Å². The van der Waals surface area contributed by atoms with Crippen molar-refractivity contribution >= 4 is 32.4 Å². The monoisotopic (exact) mass is 258 g/mol. The molecule has 0 saturated heterocycles. The van der Waals surface area contributed by atoms with Gasteiger partial charge in [-0.1, -0.05) is 30.4 Å². The van der Waals surface area contributed by atoms with Gasteiger partial charge in [0.15, 0.2) is 5.13 Å². The van der Waals surface area contributed by atoms with E-state index in [9.17, 15) is 0 Å². The van der Waals surface area contributed by atoms with E-state index >= 15 is 0 Å². The Hall–Kier alpha value is -1.88. The van der Waals surface area contributed by atoms with Crippen LogP contribution in [0.5, 0.6) is 0 Å². The van der Waals surface area contributed by atoms with Crippen molar-refractivity contribution in [3.05, 3.63) is 36.2 Å². The minimum Gasteiger partial charge on any atom is -0.329 e. The molecule has 1 N–H and O–H groups in total. The maximum absolute atomic E-state index is 4.56. The topological polar surface area (TPSA) is 42.7 Å². The zero-order chi connectivity index (χ0) is 12.5. The van der Waals surface area contributed by atoms with Crippen molar-refractivity contribution < 1.29 is 0 Å². The summed E-state index contributed by atoms with van der Waals surface area (Å²) in [5, 5.41) is 8.68. The minimum absolute atomic E-state index is 0.911. The standard InChI is InChI=1S/C13H14N4S/c1-3-9-11(8-17(2)16-9)15-13-14-10-6-4-5-7-12(10)18-13/h4-8H,3H2,1-2H3,(H,14,15). The molecule has 18 heavy (non-hydrogen) atoms. The molecule has 2 aromatic heterocycles. The average Bonchev–Trinajstić information content (AvgIpc) is 2.92. The molecule has 0 aliphatic rings. The van der Waals surface area contributed by atoms with Crippen molar-refractivity contribution in [2.45, 2.75) is 13.3 Å². The first-order valence-corrected chi connectivity index (χ1v) is 6.73. The third kappa shape index (κ3) is 1.97. The van der Waals surface area contributed by atoms with Crippen LogP contribution in [0.1, 0.15) is 12.6 Å². The number of fused-ring (bicyclic) bond motifs is 1. The van der Waals surface area contributed by atoms with Crippen LogP contribution < -0.4 is 5.32 Å². The van der Waals surface area contributed by atoms with E-state index in [4.69, 9.17) is 0 Å². The Morgan fingerprint density at radius 2 is 2.17 bits per heavy atom. The molecule has 3 aromatic rings. The number of nitrogens with one attached hydrogen (secondary N) is 1. The van der Waals surface area contributed by atoms with Gasteiger partial charge in [-0.25, -0.2) is 4.98 Å². The number of hydrogen-bond acceptors (Lipinski definition) is 4. The van der Waals surface area contributed by atoms with Crippen molar-refractivity contribution in [2.24, 2.45) is 7.05 Å². The second-order valence-corrected chi connectivity index (χ2v) is 5.16. The van der Waals surface area contributed by atoms with Gasteiger partial charge in [-0.3, -0.25) is 4.68 Å². The molecule has 0 atom stereocenters. The number of nitrogens with zero attached hydrogens (tertiary/aromatic N) is 3. The molecule has 0 radical (unpaired) electrons. The Morgan fingerprint density at radius 1 is 1.33 bits per heavy atom. The van der Waals surface area contributed by atoms with Crippen LogP contribution in [0.4, 0.5) is 10.8 Å². The summed E-state index contributed by atoms with van der Waals surface area (Å²) in [4.78, 5) is 4.56. The number of aryl methyl sites for hydroxylation is 2. The van der Waals surface area contributed by atoms with Crippen molar-refractivity contribution in [3.8, 4) is 0 Å². The predicted octanol–water partition coefficient (Wildman–Crippen LogP) is 3.34. The second-order valence-electron chi connectivity index (χ2n) is 4.13. The summed E-state index contributed by atoms with van der Waals surface area (Å²) in [6.07, 6.45) is 2.90. The Labute approximate surface area is 109 Å².